The minimum Gasteiger partial charge on any atom is -0.423 e. The lowest BCUT2D eigenvalue weighted by Gasteiger charge is -2.25. The van der Waals surface area contributed by atoms with E-state index in [2.05, 4.69) is 55.0 Å². The highest BCUT2D eigenvalue weighted by atomic mass is 16.4. The van der Waals surface area contributed by atoms with Gasteiger partial charge in [0.2, 0.25) is 11.8 Å². The molecule has 0 aliphatic carbocycles. The van der Waals surface area contributed by atoms with Gasteiger partial charge in [-0.25, -0.2) is 0 Å². The SMILES string of the molecule is CC(C)CN(Cc1nnc(C(C)(C)C)o1)CC1CCCN1. The summed E-state index contributed by atoms with van der Waals surface area (Å²) in [7, 11) is 0. The first-order valence-corrected chi connectivity index (χ1v) is 8.13. The first kappa shape index (κ1) is 16.4. The van der Waals surface area contributed by atoms with Crippen LogP contribution in [0.1, 0.15) is 59.2 Å². The third kappa shape index (κ3) is 5.08. The number of rotatable bonds is 6. The molecule has 0 amide bonds. The molecule has 2 heterocycles. The summed E-state index contributed by atoms with van der Waals surface area (Å²) in [5.74, 6) is 2.09. The van der Waals surface area contributed by atoms with Crippen molar-refractivity contribution in [2.75, 3.05) is 19.6 Å². The quantitative estimate of drug-likeness (QED) is 0.874. The monoisotopic (exact) mass is 294 g/mol. The Morgan fingerprint density at radius 2 is 2.10 bits per heavy atom. The molecule has 0 spiro atoms. The predicted molar refractivity (Wildman–Crippen MR) is 84.1 cm³/mol. The predicted octanol–water partition coefficient (Wildman–Crippen LogP) is 2.58. The second-order valence-electron chi connectivity index (χ2n) is 7.63. The highest BCUT2D eigenvalue weighted by molar-refractivity contribution is 4.96. The molecule has 1 aliphatic rings. The van der Waals surface area contributed by atoms with Gasteiger partial charge in [0.15, 0.2) is 0 Å². The molecule has 1 N–H and O–H groups in total. The molecule has 0 bridgehead atoms. The summed E-state index contributed by atoms with van der Waals surface area (Å²) in [6.45, 7) is 14.8. The van der Waals surface area contributed by atoms with Gasteiger partial charge in [0, 0.05) is 24.5 Å². The molecule has 1 unspecified atom stereocenters. The fourth-order valence-corrected chi connectivity index (χ4v) is 2.76. The fourth-order valence-electron chi connectivity index (χ4n) is 2.76. The molecule has 120 valence electrons. The van der Waals surface area contributed by atoms with E-state index in [0.717, 1.165) is 38.0 Å². The second-order valence-corrected chi connectivity index (χ2v) is 7.63. The topological polar surface area (TPSA) is 54.2 Å². The van der Waals surface area contributed by atoms with E-state index in [1.807, 2.05) is 0 Å². The van der Waals surface area contributed by atoms with E-state index in [9.17, 15) is 0 Å². The maximum absolute atomic E-state index is 5.84. The summed E-state index contributed by atoms with van der Waals surface area (Å²) in [5.41, 5.74) is -0.0822. The van der Waals surface area contributed by atoms with E-state index in [-0.39, 0.29) is 5.41 Å². The standard InChI is InChI=1S/C16H30N4O/c1-12(2)9-20(10-13-7-6-8-17-13)11-14-18-19-15(21-14)16(3,4)5/h12-13,17H,6-11H2,1-5H3. The van der Waals surface area contributed by atoms with Crippen LogP contribution in [0, 0.1) is 5.92 Å². The molecule has 1 aliphatic heterocycles. The van der Waals surface area contributed by atoms with Crippen LogP contribution in [0.25, 0.3) is 0 Å². The van der Waals surface area contributed by atoms with Gasteiger partial charge in [-0.05, 0) is 25.3 Å². The Labute approximate surface area is 128 Å². The van der Waals surface area contributed by atoms with Crippen LogP contribution in [0.15, 0.2) is 4.42 Å². The van der Waals surface area contributed by atoms with Gasteiger partial charge in [-0.1, -0.05) is 34.6 Å². The van der Waals surface area contributed by atoms with Crippen LogP contribution in [0.3, 0.4) is 0 Å². The van der Waals surface area contributed by atoms with Crippen LogP contribution in [-0.4, -0.2) is 40.8 Å². The van der Waals surface area contributed by atoms with Crippen molar-refractivity contribution in [3.8, 4) is 0 Å². The average Bonchev–Trinajstić information content (AvgIpc) is 2.98. The van der Waals surface area contributed by atoms with Crippen molar-refractivity contribution in [3.63, 3.8) is 0 Å². The highest BCUT2D eigenvalue weighted by Crippen LogP contribution is 2.21. The zero-order valence-electron chi connectivity index (χ0n) is 14.1. The Balaban J connectivity index is 1.98. The van der Waals surface area contributed by atoms with Crippen molar-refractivity contribution in [1.82, 2.24) is 20.4 Å². The summed E-state index contributed by atoms with van der Waals surface area (Å²) < 4.78 is 5.84. The largest absolute Gasteiger partial charge is 0.423 e. The van der Waals surface area contributed by atoms with E-state index in [1.165, 1.54) is 12.8 Å². The maximum atomic E-state index is 5.84. The van der Waals surface area contributed by atoms with E-state index in [1.54, 1.807) is 0 Å². The summed E-state index contributed by atoms with van der Waals surface area (Å²) in [6, 6.07) is 0.605. The molecular formula is C16H30N4O. The molecule has 5 heteroatoms. The molecule has 1 aromatic heterocycles. The normalized spacial score (nSPS) is 19.9. The molecule has 5 nitrogen and oxygen atoms in total. The molecule has 0 aromatic carbocycles. The van der Waals surface area contributed by atoms with Crippen LogP contribution >= 0.6 is 0 Å². The van der Waals surface area contributed by atoms with Crippen LogP contribution in [-0.2, 0) is 12.0 Å². The molecule has 2 rings (SSSR count). The Hall–Kier alpha value is -0.940. The minimum atomic E-state index is -0.0822. The van der Waals surface area contributed by atoms with Gasteiger partial charge >= 0.3 is 0 Å². The number of nitrogens with one attached hydrogen (secondary N) is 1. The highest BCUT2D eigenvalue weighted by Gasteiger charge is 2.24. The van der Waals surface area contributed by atoms with Crippen molar-refractivity contribution in [1.29, 1.82) is 0 Å². The van der Waals surface area contributed by atoms with Crippen molar-refractivity contribution in [3.05, 3.63) is 11.8 Å². The van der Waals surface area contributed by atoms with Crippen LogP contribution in [0.5, 0.6) is 0 Å². The Morgan fingerprint density at radius 1 is 1.33 bits per heavy atom. The third-order valence-corrected chi connectivity index (χ3v) is 3.73. The minimum absolute atomic E-state index is 0.0822. The Morgan fingerprint density at radius 3 is 2.62 bits per heavy atom. The molecule has 21 heavy (non-hydrogen) atoms. The first-order valence-electron chi connectivity index (χ1n) is 8.13. The molecule has 1 atom stereocenters. The Kier molecular flexibility index (Phi) is 5.38. The van der Waals surface area contributed by atoms with Crippen LogP contribution in [0.2, 0.25) is 0 Å². The fraction of sp³-hybridized carbons (Fsp3) is 0.875. The number of hydrogen-bond acceptors (Lipinski definition) is 5. The van der Waals surface area contributed by atoms with Crippen molar-refractivity contribution < 1.29 is 4.42 Å². The molecule has 0 saturated carbocycles. The van der Waals surface area contributed by atoms with E-state index in [0.29, 0.717) is 12.0 Å². The smallest absolute Gasteiger partial charge is 0.230 e. The Bertz CT molecular complexity index is 430. The summed E-state index contributed by atoms with van der Waals surface area (Å²) >= 11 is 0. The van der Waals surface area contributed by atoms with Gasteiger partial charge in [-0.2, -0.15) is 0 Å². The van der Waals surface area contributed by atoms with Gasteiger partial charge in [-0.3, -0.25) is 4.90 Å². The number of nitrogens with zero attached hydrogens (tertiary/aromatic N) is 3. The van der Waals surface area contributed by atoms with Crippen molar-refractivity contribution >= 4 is 0 Å². The number of aromatic nitrogens is 2. The van der Waals surface area contributed by atoms with Crippen LogP contribution < -0.4 is 5.32 Å². The first-order chi connectivity index (χ1) is 9.84. The van der Waals surface area contributed by atoms with Crippen molar-refractivity contribution in [2.24, 2.45) is 5.92 Å². The summed E-state index contributed by atoms with van der Waals surface area (Å²) in [5, 5.41) is 12.0. The van der Waals surface area contributed by atoms with Gasteiger partial charge in [0.1, 0.15) is 0 Å². The summed E-state index contributed by atoms with van der Waals surface area (Å²) in [6.07, 6.45) is 2.56. The molecule has 1 saturated heterocycles. The van der Waals surface area contributed by atoms with Gasteiger partial charge < -0.3 is 9.73 Å². The lowest BCUT2D eigenvalue weighted by Crippen LogP contribution is -2.39. The molecule has 1 fully saturated rings. The molecular weight excluding hydrogens is 264 g/mol. The van der Waals surface area contributed by atoms with Crippen molar-refractivity contribution in [2.45, 2.75) is 65.5 Å². The molecule has 1 aromatic rings. The van der Waals surface area contributed by atoms with E-state index < -0.39 is 0 Å². The van der Waals surface area contributed by atoms with E-state index >= 15 is 0 Å². The third-order valence-electron chi connectivity index (χ3n) is 3.73. The zero-order chi connectivity index (χ0) is 15.5. The lowest BCUT2D eigenvalue weighted by atomic mass is 9.97. The van der Waals surface area contributed by atoms with E-state index in [4.69, 9.17) is 4.42 Å². The number of hydrogen-bond donors (Lipinski definition) is 1. The zero-order valence-corrected chi connectivity index (χ0v) is 14.1. The maximum Gasteiger partial charge on any atom is 0.230 e. The van der Waals surface area contributed by atoms with Gasteiger partial charge in [0.05, 0.1) is 6.54 Å². The average molecular weight is 294 g/mol. The summed E-state index contributed by atoms with van der Waals surface area (Å²) in [4.78, 5) is 2.44. The molecule has 0 radical (unpaired) electrons. The van der Waals surface area contributed by atoms with Crippen LogP contribution in [0.4, 0.5) is 0 Å². The lowest BCUT2D eigenvalue weighted by molar-refractivity contribution is 0.194. The van der Waals surface area contributed by atoms with Gasteiger partial charge in [-0.15, -0.1) is 10.2 Å². The van der Waals surface area contributed by atoms with Gasteiger partial charge in [0.25, 0.3) is 0 Å². The second kappa shape index (κ2) is 6.88.